The molecule has 7 heteroatoms. The van der Waals surface area contributed by atoms with Gasteiger partial charge in [-0.15, -0.1) is 0 Å². The number of fused-ring (bicyclic) bond motifs is 1. The van der Waals surface area contributed by atoms with Crippen molar-refractivity contribution in [3.8, 4) is 5.75 Å². The van der Waals surface area contributed by atoms with Gasteiger partial charge >= 0.3 is 0 Å². The molecule has 33 heavy (non-hydrogen) atoms. The first kappa shape index (κ1) is 21.2. The fourth-order valence-corrected chi connectivity index (χ4v) is 4.79. The number of para-hydroxylation sites is 2. The van der Waals surface area contributed by atoms with E-state index in [0.29, 0.717) is 12.1 Å². The molecule has 7 nitrogen and oxygen atoms in total. The number of hydrogen-bond acceptors (Lipinski definition) is 4. The maximum absolute atomic E-state index is 13.7. The third kappa shape index (κ3) is 4.11. The summed E-state index contributed by atoms with van der Waals surface area (Å²) in [5.41, 5.74) is 5.58. The summed E-state index contributed by atoms with van der Waals surface area (Å²) < 4.78 is 7.53. The van der Waals surface area contributed by atoms with Gasteiger partial charge in [0.05, 0.1) is 36.4 Å². The van der Waals surface area contributed by atoms with Crippen LogP contribution in [0.2, 0.25) is 0 Å². The number of likely N-dealkylation sites (tertiary alicyclic amines) is 1. The molecular formula is C26H29N5O2. The Morgan fingerprint density at radius 1 is 1.15 bits per heavy atom. The Hall–Kier alpha value is -3.61. The van der Waals surface area contributed by atoms with Gasteiger partial charge in [0.15, 0.2) is 0 Å². The van der Waals surface area contributed by atoms with E-state index in [4.69, 9.17) is 9.72 Å². The van der Waals surface area contributed by atoms with E-state index < -0.39 is 0 Å². The zero-order valence-electron chi connectivity index (χ0n) is 19.3. The maximum atomic E-state index is 13.7. The van der Waals surface area contributed by atoms with Gasteiger partial charge in [0.25, 0.3) is 5.91 Å². The SMILES string of the molecule is COc1ccc(C(=O)N2CCCC[C@H]2c2nc3ccccc3[nH]2)cc1Cn1nc(C)cc1C. The van der Waals surface area contributed by atoms with Crippen LogP contribution in [-0.2, 0) is 6.54 Å². The molecule has 1 amide bonds. The molecule has 1 aliphatic rings. The third-order valence-electron chi connectivity index (χ3n) is 6.44. The van der Waals surface area contributed by atoms with E-state index in [1.165, 1.54) is 0 Å². The largest absolute Gasteiger partial charge is 0.496 e. The summed E-state index contributed by atoms with van der Waals surface area (Å²) >= 11 is 0. The number of carbonyl (C=O) groups excluding carboxylic acids is 1. The Morgan fingerprint density at radius 3 is 2.76 bits per heavy atom. The first-order valence-electron chi connectivity index (χ1n) is 11.5. The van der Waals surface area contributed by atoms with Crippen LogP contribution in [0.4, 0.5) is 0 Å². The van der Waals surface area contributed by atoms with Crippen LogP contribution in [0.25, 0.3) is 11.0 Å². The summed E-state index contributed by atoms with van der Waals surface area (Å²) in [5, 5.41) is 4.57. The zero-order valence-corrected chi connectivity index (χ0v) is 19.3. The minimum absolute atomic E-state index is 0.0254. The minimum atomic E-state index is -0.0554. The van der Waals surface area contributed by atoms with Crippen LogP contribution in [0.5, 0.6) is 5.75 Å². The molecule has 0 radical (unpaired) electrons. The number of imidazole rings is 1. The fourth-order valence-electron chi connectivity index (χ4n) is 4.79. The summed E-state index contributed by atoms with van der Waals surface area (Å²) in [6.07, 6.45) is 2.98. The molecule has 1 aliphatic heterocycles. The van der Waals surface area contributed by atoms with Gasteiger partial charge in [0.1, 0.15) is 11.6 Å². The second-order valence-electron chi connectivity index (χ2n) is 8.76. The lowest BCUT2D eigenvalue weighted by molar-refractivity contribution is 0.0601. The van der Waals surface area contributed by atoms with Crippen molar-refractivity contribution in [3.63, 3.8) is 0 Å². The normalized spacial score (nSPS) is 16.3. The maximum Gasteiger partial charge on any atom is 0.254 e. The zero-order chi connectivity index (χ0) is 22.9. The van der Waals surface area contributed by atoms with Crippen LogP contribution in [0, 0.1) is 13.8 Å². The monoisotopic (exact) mass is 443 g/mol. The van der Waals surface area contributed by atoms with Gasteiger partial charge < -0.3 is 14.6 Å². The van der Waals surface area contributed by atoms with E-state index in [2.05, 4.69) is 10.1 Å². The van der Waals surface area contributed by atoms with Crippen molar-refractivity contribution in [2.24, 2.45) is 0 Å². The highest BCUT2D eigenvalue weighted by atomic mass is 16.5. The molecule has 170 valence electrons. The molecule has 1 saturated heterocycles. The summed E-state index contributed by atoms with van der Waals surface area (Å²) in [5.74, 6) is 1.64. The molecule has 2 aromatic heterocycles. The Morgan fingerprint density at radius 2 is 2.00 bits per heavy atom. The number of rotatable bonds is 5. The molecule has 2 aromatic carbocycles. The number of aromatic amines is 1. The Labute approximate surface area is 193 Å². The average Bonchev–Trinajstić information content (AvgIpc) is 3.40. The predicted molar refractivity (Wildman–Crippen MR) is 128 cm³/mol. The average molecular weight is 444 g/mol. The number of carbonyl (C=O) groups is 1. The first-order chi connectivity index (χ1) is 16.0. The van der Waals surface area contributed by atoms with Crippen molar-refractivity contribution >= 4 is 16.9 Å². The summed E-state index contributed by atoms with van der Waals surface area (Å²) in [6, 6.07) is 15.7. The smallest absolute Gasteiger partial charge is 0.254 e. The van der Waals surface area contributed by atoms with Crippen LogP contribution < -0.4 is 4.74 Å². The number of H-pyrrole nitrogens is 1. The fraction of sp³-hybridized carbons (Fsp3) is 0.346. The molecule has 1 N–H and O–H groups in total. The number of aromatic nitrogens is 4. The second kappa shape index (κ2) is 8.73. The lowest BCUT2D eigenvalue weighted by Crippen LogP contribution is -2.39. The summed E-state index contributed by atoms with van der Waals surface area (Å²) in [4.78, 5) is 23.9. The lowest BCUT2D eigenvalue weighted by Gasteiger charge is -2.34. The van der Waals surface area contributed by atoms with E-state index in [1.54, 1.807) is 7.11 Å². The van der Waals surface area contributed by atoms with Gasteiger partial charge in [-0.05, 0) is 69.5 Å². The highest BCUT2D eigenvalue weighted by Gasteiger charge is 2.31. The van der Waals surface area contributed by atoms with Crippen LogP contribution in [-0.4, -0.2) is 44.2 Å². The summed E-state index contributed by atoms with van der Waals surface area (Å²) in [6.45, 7) is 5.29. The molecule has 5 rings (SSSR count). The van der Waals surface area contributed by atoms with Gasteiger partial charge in [0.2, 0.25) is 0 Å². The molecule has 4 aromatic rings. The van der Waals surface area contributed by atoms with Gasteiger partial charge in [-0.2, -0.15) is 5.10 Å². The van der Waals surface area contributed by atoms with E-state index >= 15 is 0 Å². The minimum Gasteiger partial charge on any atom is -0.496 e. The Bertz CT molecular complexity index is 1270. The van der Waals surface area contributed by atoms with Gasteiger partial charge in [-0.1, -0.05) is 12.1 Å². The van der Waals surface area contributed by atoms with Crippen molar-refractivity contribution in [1.29, 1.82) is 0 Å². The van der Waals surface area contributed by atoms with E-state index in [9.17, 15) is 4.79 Å². The number of nitrogens with zero attached hydrogens (tertiary/aromatic N) is 4. The number of piperidine rings is 1. The highest BCUT2D eigenvalue weighted by molar-refractivity contribution is 5.95. The molecule has 0 spiro atoms. The number of aryl methyl sites for hydroxylation is 2. The van der Waals surface area contributed by atoms with E-state index in [-0.39, 0.29) is 11.9 Å². The van der Waals surface area contributed by atoms with Crippen molar-refractivity contribution in [2.75, 3.05) is 13.7 Å². The molecule has 0 unspecified atom stereocenters. The standard InChI is InChI=1S/C26H29N5O2/c1-17-14-18(2)31(29-17)16-20-15-19(11-12-24(20)33-3)26(32)30-13-7-6-10-23(30)25-27-21-8-4-5-9-22(21)28-25/h4-5,8-9,11-12,14-15,23H,6-7,10,13,16H2,1-3H3,(H,27,28)/t23-/m0/s1. The van der Waals surface area contributed by atoms with Crippen molar-refractivity contribution in [1.82, 2.24) is 24.6 Å². The second-order valence-corrected chi connectivity index (χ2v) is 8.76. The quantitative estimate of drug-likeness (QED) is 0.481. The predicted octanol–water partition coefficient (Wildman–Crippen LogP) is 4.80. The summed E-state index contributed by atoms with van der Waals surface area (Å²) in [7, 11) is 1.66. The molecular weight excluding hydrogens is 414 g/mol. The number of hydrogen-bond donors (Lipinski definition) is 1. The highest BCUT2D eigenvalue weighted by Crippen LogP contribution is 2.32. The Kier molecular flexibility index (Phi) is 5.62. The number of amides is 1. The van der Waals surface area contributed by atoms with Crippen molar-refractivity contribution in [2.45, 2.75) is 45.7 Å². The Balaban J connectivity index is 1.46. The first-order valence-corrected chi connectivity index (χ1v) is 11.5. The topological polar surface area (TPSA) is 76.0 Å². The van der Waals surface area contributed by atoms with Gasteiger partial charge in [-0.3, -0.25) is 9.48 Å². The van der Waals surface area contributed by atoms with Crippen LogP contribution in [0.15, 0.2) is 48.5 Å². The number of benzene rings is 2. The number of ether oxygens (including phenoxy) is 1. The van der Waals surface area contributed by atoms with Crippen molar-refractivity contribution in [3.05, 3.63) is 76.9 Å². The molecule has 0 aliphatic carbocycles. The van der Waals surface area contributed by atoms with Crippen LogP contribution >= 0.6 is 0 Å². The van der Waals surface area contributed by atoms with E-state index in [0.717, 1.165) is 65.4 Å². The van der Waals surface area contributed by atoms with Crippen LogP contribution in [0.3, 0.4) is 0 Å². The van der Waals surface area contributed by atoms with Crippen LogP contribution in [0.1, 0.15) is 58.4 Å². The molecule has 3 heterocycles. The van der Waals surface area contributed by atoms with E-state index in [1.807, 2.05) is 72.0 Å². The van der Waals surface area contributed by atoms with Gasteiger partial charge in [0, 0.05) is 23.4 Å². The molecule has 1 fully saturated rings. The molecule has 0 bridgehead atoms. The molecule has 0 saturated carbocycles. The number of methoxy groups -OCH3 is 1. The molecule has 1 atom stereocenters. The van der Waals surface area contributed by atoms with Crippen molar-refractivity contribution < 1.29 is 9.53 Å². The third-order valence-corrected chi connectivity index (χ3v) is 6.44. The van der Waals surface area contributed by atoms with Gasteiger partial charge in [-0.25, -0.2) is 4.98 Å². The lowest BCUT2D eigenvalue weighted by atomic mass is 9.99. The number of nitrogens with one attached hydrogen (secondary N) is 1.